The van der Waals surface area contributed by atoms with Gasteiger partial charge >= 0.3 is 0 Å². The number of rotatable bonds is 3. The highest BCUT2D eigenvalue weighted by atomic mass is 35.5. The quantitative estimate of drug-likeness (QED) is 0.810. The Morgan fingerprint density at radius 1 is 1.50 bits per heavy atom. The van der Waals surface area contributed by atoms with Gasteiger partial charge in [-0.2, -0.15) is 5.26 Å². The van der Waals surface area contributed by atoms with Gasteiger partial charge in [0.05, 0.1) is 6.07 Å². The first-order valence-corrected chi connectivity index (χ1v) is 5.40. The number of hydrogen-bond donors (Lipinski definition) is 0. The average molecular weight is 237 g/mol. The standard InChI is InChI=1S/C12H13ClN2O/c1-3-9(8-14)12(16)15(2)11-6-4-10(13)5-7-11/h4-7,9H,3H2,1-2H3. The minimum Gasteiger partial charge on any atom is -0.314 e. The van der Waals surface area contributed by atoms with Crippen molar-refractivity contribution in [3.8, 4) is 6.07 Å². The third-order valence-electron chi connectivity index (χ3n) is 2.41. The average Bonchev–Trinajstić information content (AvgIpc) is 2.30. The lowest BCUT2D eigenvalue weighted by Gasteiger charge is -2.19. The molecule has 0 bridgehead atoms. The van der Waals surface area contributed by atoms with Crippen LogP contribution in [0, 0.1) is 17.2 Å². The number of halogens is 1. The lowest BCUT2D eigenvalue weighted by atomic mass is 10.1. The van der Waals surface area contributed by atoms with Gasteiger partial charge < -0.3 is 4.90 Å². The molecule has 0 aliphatic rings. The predicted octanol–water partition coefficient (Wildman–Crippen LogP) is 2.85. The predicted molar refractivity (Wildman–Crippen MR) is 64.3 cm³/mol. The Labute approximate surface area is 100 Å². The Morgan fingerprint density at radius 2 is 2.06 bits per heavy atom. The summed E-state index contributed by atoms with van der Waals surface area (Å²) in [7, 11) is 1.66. The van der Waals surface area contributed by atoms with Crippen LogP contribution in [-0.2, 0) is 4.79 Å². The number of hydrogen-bond acceptors (Lipinski definition) is 2. The smallest absolute Gasteiger partial charge is 0.244 e. The minimum absolute atomic E-state index is 0.188. The van der Waals surface area contributed by atoms with E-state index in [1.54, 1.807) is 31.3 Å². The molecule has 16 heavy (non-hydrogen) atoms. The normalized spacial score (nSPS) is 11.6. The van der Waals surface area contributed by atoms with Crippen LogP contribution in [0.15, 0.2) is 24.3 Å². The fourth-order valence-corrected chi connectivity index (χ4v) is 1.47. The van der Waals surface area contributed by atoms with Crippen LogP contribution in [0.5, 0.6) is 0 Å². The maximum absolute atomic E-state index is 11.9. The number of carbonyl (C=O) groups is 1. The van der Waals surface area contributed by atoms with Gasteiger partial charge in [0.15, 0.2) is 0 Å². The molecular formula is C12H13ClN2O. The molecule has 1 amide bonds. The molecule has 0 fully saturated rings. The highest BCUT2D eigenvalue weighted by Crippen LogP contribution is 2.19. The topological polar surface area (TPSA) is 44.1 Å². The maximum Gasteiger partial charge on any atom is 0.244 e. The van der Waals surface area contributed by atoms with Gasteiger partial charge in [-0.3, -0.25) is 4.79 Å². The Kier molecular flexibility index (Phi) is 4.33. The summed E-state index contributed by atoms with van der Waals surface area (Å²) in [6, 6.07) is 8.94. The molecule has 0 saturated heterocycles. The van der Waals surface area contributed by atoms with Crippen molar-refractivity contribution >= 4 is 23.2 Å². The van der Waals surface area contributed by atoms with Crippen molar-refractivity contribution in [3.05, 3.63) is 29.3 Å². The molecule has 0 heterocycles. The van der Waals surface area contributed by atoms with Crippen LogP contribution < -0.4 is 4.90 Å². The van der Waals surface area contributed by atoms with E-state index in [2.05, 4.69) is 0 Å². The van der Waals surface area contributed by atoms with Gasteiger partial charge in [0.25, 0.3) is 0 Å². The first-order chi connectivity index (χ1) is 7.60. The summed E-state index contributed by atoms with van der Waals surface area (Å²) >= 11 is 5.76. The molecule has 0 aromatic heterocycles. The number of nitrogens with zero attached hydrogens (tertiary/aromatic N) is 2. The lowest BCUT2D eigenvalue weighted by Crippen LogP contribution is -2.31. The zero-order valence-electron chi connectivity index (χ0n) is 9.27. The van der Waals surface area contributed by atoms with Crippen LogP contribution in [0.1, 0.15) is 13.3 Å². The van der Waals surface area contributed by atoms with Crippen molar-refractivity contribution in [2.75, 3.05) is 11.9 Å². The number of nitriles is 1. The molecule has 0 N–H and O–H groups in total. The van der Waals surface area contributed by atoms with Crippen LogP contribution >= 0.6 is 11.6 Å². The molecule has 0 spiro atoms. The molecule has 1 unspecified atom stereocenters. The molecule has 1 aromatic rings. The van der Waals surface area contributed by atoms with Gasteiger partial charge in [0.1, 0.15) is 5.92 Å². The van der Waals surface area contributed by atoms with Gasteiger partial charge in [-0.25, -0.2) is 0 Å². The summed E-state index contributed by atoms with van der Waals surface area (Å²) in [4.78, 5) is 13.3. The third kappa shape index (κ3) is 2.74. The minimum atomic E-state index is -0.583. The molecule has 1 atom stereocenters. The first kappa shape index (κ1) is 12.5. The highest BCUT2D eigenvalue weighted by Gasteiger charge is 2.20. The molecule has 0 aliphatic carbocycles. The van der Waals surface area contributed by atoms with Gasteiger partial charge in [-0.05, 0) is 30.7 Å². The molecule has 3 nitrogen and oxygen atoms in total. The van der Waals surface area contributed by atoms with Crippen LogP contribution in [-0.4, -0.2) is 13.0 Å². The van der Waals surface area contributed by atoms with Gasteiger partial charge in [-0.15, -0.1) is 0 Å². The monoisotopic (exact) mass is 236 g/mol. The molecular weight excluding hydrogens is 224 g/mol. The Morgan fingerprint density at radius 3 is 2.50 bits per heavy atom. The van der Waals surface area contributed by atoms with E-state index in [4.69, 9.17) is 16.9 Å². The SMILES string of the molecule is CCC(C#N)C(=O)N(C)c1ccc(Cl)cc1. The zero-order chi connectivity index (χ0) is 12.1. The van der Waals surface area contributed by atoms with E-state index < -0.39 is 5.92 Å². The number of benzene rings is 1. The second-order valence-electron chi connectivity index (χ2n) is 3.46. The fraction of sp³-hybridized carbons (Fsp3) is 0.333. The summed E-state index contributed by atoms with van der Waals surface area (Å²) in [5, 5.41) is 9.44. The van der Waals surface area contributed by atoms with E-state index in [1.807, 2.05) is 13.0 Å². The van der Waals surface area contributed by atoms with Gasteiger partial charge in [0, 0.05) is 17.8 Å². The highest BCUT2D eigenvalue weighted by molar-refractivity contribution is 6.30. The van der Waals surface area contributed by atoms with Crippen LogP contribution in [0.3, 0.4) is 0 Å². The van der Waals surface area contributed by atoms with Crippen molar-refractivity contribution in [2.24, 2.45) is 5.92 Å². The van der Waals surface area contributed by atoms with E-state index in [-0.39, 0.29) is 5.91 Å². The van der Waals surface area contributed by atoms with Crippen LogP contribution in [0.25, 0.3) is 0 Å². The number of amides is 1. The van der Waals surface area contributed by atoms with Gasteiger partial charge in [-0.1, -0.05) is 18.5 Å². The molecule has 84 valence electrons. The lowest BCUT2D eigenvalue weighted by molar-refractivity contribution is -0.120. The van der Waals surface area contributed by atoms with Crippen molar-refractivity contribution < 1.29 is 4.79 Å². The molecule has 1 rings (SSSR count). The maximum atomic E-state index is 11.9. The number of anilines is 1. The van der Waals surface area contributed by atoms with Gasteiger partial charge in [0.2, 0.25) is 5.91 Å². The van der Waals surface area contributed by atoms with Crippen molar-refractivity contribution in [3.63, 3.8) is 0 Å². The Balaban J connectivity index is 2.86. The number of carbonyl (C=O) groups excluding carboxylic acids is 1. The van der Waals surface area contributed by atoms with E-state index >= 15 is 0 Å². The van der Waals surface area contributed by atoms with E-state index in [9.17, 15) is 4.79 Å². The fourth-order valence-electron chi connectivity index (χ4n) is 1.35. The summed E-state index contributed by atoms with van der Waals surface area (Å²) in [5.74, 6) is -0.770. The summed E-state index contributed by atoms with van der Waals surface area (Å²) in [6.07, 6.45) is 0.521. The summed E-state index contributed by atoms with van der Waals surface area (Å²) in [6.45, 7) is 1.82. The molecule has 4 heteroatoms. The molecule has 0 radical (unpaired) electrons. The zero-order valence-corrected chi connectivity index (χ0v) is 10.0. The second-order valence-corrected chi connectivity index (χ2v) is 3.90. The molecule has 0 aliphatic heterocycles. The van der Waals surface area contributed by atoms with E-state index in [0.29, 0.717) is 11.4 Å². The second kappa shape index (κ2) is 5.53. The van der Waals surface area contributed by atoms with Crippen molar-refractivity contribution in [2.45, 2.75) is 13.3 Å². The Bertz CT molecular complexity index is 408. The summed E-state index contributed by atoms with van der Waals surface area (Å²) in [5.41, 5.74) is 0.739. The molecule has 1 aromatic carbocycles. The Hall–Kier alpha value is -1.53. The van der Waals surface area contributed by atoms with Crippen LogP contribution in [0.2, 0.25) is 5.02 Å². The van der Waals surface area contributed by atoms with E-state index in [1.165, 1.54) is 4.90 Å². The van der Waals surface area contributed by atoms with E-state index in [0.717, 1.165) is 5.69 Å². The van der Waals surface area contributed by atoms with Crippen molar-refractivity contribution in [1.82, 2.24) is 0 Å². The molecule has 0 saturated carbocycles. The van der Waals surface area contributed by atoms with Crippen LogP contribution in [0.4, 0.5) is 5.69 Å². The van der Waals surface area contributed by atoms with Crippen molar-refractivity contribution in [1.29, 1.82) is 5.26 Å². The summed E-state index contributed by atoms with van der Waals surface area (Å²) < 4.78 is 0. The third-order valence-corrected chi connectivity index (χ3v) is 2.66. The largest absolute Gasteiger partial charge is 0.314 e. The first-order valence-electron chi connectivity index (χ1n) is 5.03.